The fourth-order valence-electron chi connectivity index (χ4n) is 1.94. The number of sulfonamides is 1. The van der Waals surface area contributed by atoms with Gasteiger partial charge in [-0.3, -0.25) is 0 Å². The van der Waals surface area contributed by atoms with Gasteiger partial charge in [0.05, 0.1) is 12.2 Å². The summed E-state index contributed by atoms with van der Waals surface area (Å²) in [6.07, 6.45) is 1.47. The number of nitrogens with zero attached hydrogens (tertiary/aromatic N) is 2. The summed E-state index contributed by atoms with van der Waals surface area (Å²) in [5.41, 5.74) is 5.15. The minimum absolute atomic E-state index is 0.0294. The molecule has 1 aliphatic heterocycles. The number of nitrogens with two attached hydrogens (primary N) is 1. The van der Waals surface area contributed by atoms with E-state index < -0.39 is 15.6 Å². The van der Waals surface area contributed by atoms with Crippen molar-refractivity contribution in [3.63, 3.8) is 0 Å². The van der Waals surface area contributed by atoms with Gasteiger partial charge in [0, 0.05) is 19.3 Å². The summed E-state index contributed by atoms with van der Waals surface area (Å²) in [7, 11) is -3.60. The Morgan fingerprint density at radius 3 is 2.83 bits per heavy atom. The molecule has 2 N–H and O–H groups in total. The van der Waals surface area contributed by atoms with Gasteiger partial charge in [-0.15, -0.1) is 0 Å². The lowest BCUT2D eigenvalue weighted by molar-refractivity contribution is -0.0640. The fraction of sp³-hybridized carbons (Fsp3) is 0.545. The molecule has 0 atom stereocenters. The SMILES string of the molecule is CC1(C)CN(S(=O)(=O)c2cccnc2N)CCO1. The van der Waals surface area contributed by atoms with E-state index in [1.807, 2.05) is 13.8 Å². The largest absolute Gasteiger partial charge is 0.383 e. The third-order valence-corrected chi connectivity index (χ3v) is 4.70. The van der Waals surface area contributed by atoms with Crippen molar-refractivity contribution in [1.82, 2.24) is 9.29 Å². The number of ether oxygens (including phenoxy) is 1. The molecule has 0 aliphatic carbocycles. The van der Waals surface area contributed by atoms with Gasteiger partial charge in [0.15, 0.2) is 0 Å². The average Bonchev–Trinajstić information content (AvgIpc) is 2.28. The van der Waals surface area contributed by atoms with Crippen molar-refractivity contribution in [3.05, 3.63) is 18.3 Å². The molecule has 0 saturated carbocycles. The van der Waals surface area contributed by atoms with E-state index in [-0.39, 0.29) is 10.7 Å². The Bertz CT molecular complexity index is 542. The number of rotatable bonds is 2. The first kappa shape index (κ1) is 13.3. The van der Waals surface area contributed by atoms with Gasteiger partial charge < -0.3 is 10.5 Å². The number of anilines is 1. The van der Waals surface area contributed by atoms with Gasteiger partial charge in [-0.2, -0.15) is 4.31 Å². The van der Waals surface area contributed by atoms with Crippen LogP contribution in [0, 0.1) is 0 Å². The van der Waals surface area contributed by atoms with Crippen LogP contribution >= 0.6 is 0 Å². The zero-order valence-corrected chi connectivity index (χ0v) is 11.3. The second-order valence-corrected chi connectivity index (χ2v) is 6.74. The Balaban J connectivity index is 2.35. The monoisotopic (exact) mass is 271 g/mol. The van der Waals surface area contributed by atoms with Crippen molar-refractivity contribution in [2.75, 3.05) is 25.4 Å². The maximum absolute atomic E-state index is 12.4. The van der Waals surface area contributed by atoms with E-state index in [1.165, 1.54) is 16.6 Å². The van der Waals surface area contributed by atoms with E-state index in [9.17, 15) is 8.42 Å². The molecule has 1 aromatic rings. The second kappa shape index (κ2) is 4.49. The first-order valence-corrected chi connectivity index (χ1v) is 7.11. The van der Waals surface area contributed by atoms with Crippen LogP contribution in [0.4, 0.5) is 5.82 Å². The van der Waals surface area contributed by atoms with Crippen LogP contribution in [0.3, 0.4) is 0 Å². The highest BCUT2D eigenvalue weighted by atomic mass is 32.2. The fourth-order valence-corrected chi connectivity index (χ4v) is 3.58. The molecule has 18 heavy (non-hydrogen) atoms. The van der Waals surface area contributed by atoms with E-state index in [2.05, 4.69) is 4.98 Å². The highest BCUT2D eigenvalue weighted by Gasteiger charge is 2.35. The smallest absolute Gasteiger partial charge is 0.246 e. The van der Waals surface area contributed by atoms with Crippen LogP contribution in [0.25, 0.3) is 0 Å². The molecule has 0 spiro atoms. The quantitative estimate of drug-likeness (QED) is 0.844. The van der Waals surface area contributed by atoms with Gasteiger partial charge in [0.2, 0.25) is 10.0 Å². The first-order valence-electron chi connectivity index (χ1n) is 5.67. The van der Waals surface area contributed by atoms with Crippen molar-refractivity contribution in [2.24, 2.45) is 0 Å². The molecule has 0 amide bonds. The van der Waals surface area contributed by atoms with Crippen molar-refractivity contribution in [1.29, 1.82) is 0 Å². The predicted octanol–water partition coefficient (Wildman–Crippen LogP) is 0.463. The van der Waals surface area contributed by atoms with E-state index in [4.69, 9.17) is 10.5 Å². The molecule has 2 rings (SSSR count). The van der Waals surface area contributed by atoms with Crippen LogP contribution in [-0.4, -0.2) is 43.0 Å². The summed E-state index contributed by atoms with van der Waals surface area (Å²) in [4.78, 5) is 3.88. The van der Waals surface area contributed by atoms with Crippen LogP contribution < -0.4 is 5.73 Å². The van der Waals surface area contributed by atoms with Crippen molar-refractivity contribution < 1.29 is 13.2 Å². The summed E-state index contributed by atoms with van der Waals surface area (Å²) >= 11 is 0. The summed E-state index contributed by atoms with van der Waals surface area (Å²) in [5.74, 6) is 0.0294. The Kier molecular flexibility index (Phi) is 3.31. The lowest BCUT2D eigenvalue weighted by atomic mass is 10.1. The van der Waals surface area contributed by atoms with E-state index >= 15 is 0 Å². The maximum atomic E-state index is 12.4. The third kappa shape index (κ3) is 2.47. The molecule has 0 bridgehead atoms. The predicted molar refractivity (Wildman–Crippen MR) is 67.4 cm³/mol. The lowest BCUT2D eigenvalue weighted by Gasteiger charge is -2.37. The molecule has 7 heteroatoms. The van der Waals surface area contributed by atoms with Crippen LogP contribution in [0.1, 0.15) is 13.8 Å². The van der Waals surface area contributed by atoms with Gasteiger partial charge in [-0.1, -0.05) is 0 Å². The summed E-state index contributed by atoms with van der Waals surface area (Å²) in [6.45, 7) is 4.75. The van der Waals surface area contributed by atoms with Gasteiger partial charge in [-0.25, -0.2) is 13.4 Å². The molecule has 0 radical (unpaired) electrons. The standard InChI is InChI=1S/C11H17N3O3S/c1-11(2)8-14(6-7-17-11)18(15,16)9-4-3-5-13-10(9)12/h3-5H,6-8H2,1-2H3,(H2,12,13). The normalized spacial score (nSPS) is 20.8. The molecule has 100 valence electrons. The van der Waals surface area contributed by atoms with E-state index in [0.29, 0.717) is 19.7 Å². The molecule has 0 aromatic carbocycles. The highest BCUT2D eigenvalue weighted by Crippen LogP contribution is 2.25. The van der Waals surface area contributed by atoms with Gasteiger partial charge in [0.25, 0.3) is 0 Å². The highest BCUT2D eigenvalue weighted by molar-refractivity contribution is 7.89. The Morgan fingerprint density at radius 1 is 1.50 bits per heavy atom. The van der Waals surface area contributed by atoms with E-state index in [1.54, 1.807) is 6.07 Å². The minimum Gasteiger partial charge on any atom is -0.383 e. The number of aromatic nitrogens is 1. The molecular formula is C11H17N3O3S. The number of nitrogen functional groups attached to an aromatic ring is 1. The summed E-state index contributed by atoms with van der Waals surface area (Å²) < 4.78 is 31.8. The summed E-state index contributed by atoms with van der Waals surface area (Å²) in [6, 6.07) is 3.04. The molecule has 0 unspecified atom stereocenters. The molecule has 1 aliphatic rings. The van der Waals surface area contributed by atoms with Crippen LogP contribution in [0.5, 0.6) is 0 Å². The molecule has 2 heterocycles. The maximum Gasteiger partial charge on any atom is 0.246 e. The second-order valence-electron chi connectivity index (χ2n) is 4.83. The summed E-state index contributed by atoms with van der Waals surface area (Å²) in [5, 5.41) is 0. The van der Waals surface area contributed by atoms with Crippen LogP contribution in [-0.2, 0) is 14.8 Å². The molecule has 1 saturated heterocycles. The Labute approximate surface area is 107 Å². The number of pyridine rings is 1. The number of morpholine rings is 1. The third-order valence-electron chi connectivity index (χ3n) is 2.81. The van der Waals surface area contributed by atoms with Gasteiger partial charge in [0.1, 0.15) is 10.7 Å². The van der Waals surface area contributed by atoms with Crippen LogP contribution in [0.15, 0.2) is 23.2 Å². The van der Waals surface area contributed by atoms with Crippen LogP contribution in [0.2, 0.25) is 0 Å². The molecule has 6 nitrogen and oxygen atoms in total. The van der Waals surface area contributed by atoms with Gasteiger partial charge in [-0.05, 0) is 26.0 Å². The Morgan fingerprint density at radius 2 is 2.22 bits per heavy atom. The molecular weight excluding hydrogens is 254 g/mol. The average molecular weight is 271 g/mol. The van der Waals surface area contributed by atoms with Crippen molar-refractivity contribution >= 4 is 15.8 Å². The lowest BCUT2D eigenvalue weighted by Crippen LogP contribution is -2.50. The minimum atomic E-state index is -3.60. The molecule has 1 fully saturated rings. The molecule has 1 aromatic heterocycles. The Hall–Kier alpha value is -1.18. The first-order chi connectivity index (χ1) is 8.33. The zero-order chi connectivity index (χ0) is 13.4. The number of hydrogen-bond acceptors (Lipinski definition) is 5. The van der Waals surface area contributed by atoms with E-state index in [0.717, 1.165) is 0 Å². The topological polar surface area (TPSA) is 85.5 Å². The van der Waals surface area contributed by atoms with Crippen molar-refractivity contribution in [2.45, 2.75) is 24.3 Å². The van der Waals surface area contributed by atoms with Crippen molar-refractivity contribution in [3.8, 4) is 0 Å². The number of hydrogen-bond donors (Lipinski definition) is 1. The van der Waals surface area contributed by atoms with Gasteiger partial charge >= 0.3 is 0 Å². The zero-order valence-electron chi connectivity index (χ0n) is 10.5.